The standard InChI is InChI=1S/2C28H44O3S.Ca/c2*1-3-5-7-9-11-13-15-17-24-19-22-27-26(23-24)21-20-25(28(27)32(29,30)31)18-16-14-12-10-8-6-4-2;/h2*19-23H,3-18H2,1-2H3,(H,29,30,31);/q;;+2/p-2. The monoisotopic (exact) mass is 959 g/mol. The number of fused-ring (bicyclic) bond motifs is 2. The van der Waals surface area contributed by atoms with Gasteiger partial charge in [0.2, 0.25) is 0 Å². The third-order valence-corrected chi connectivity index (χ3v) is 14.9. The Balaban J connectivity index is 0.000000440. The van der Waals surface area contributed by atoms with E-state index in [-0.39, 0.29) is 47.5 Å². The van der Waals surface area contributed by atoms with Gasteiger partial charge in [0.1, 0.15) is 20.2 Å². The van der Waals surface area contributed by atoms with Crippen LogP contribution in [0.3, 0.4) is 0 Å². The molecular formula is C56H86CaO6S2. The molecule has 0 aromatic heterocycles. The van der Waals surface area contributed by atoms with Gasteiger partial charge in [-0.3, -0.25) is 0 Å². The molecule has 0 radical (unpaired) electrons. The van der Waals surface area contributed by atoms with Crippen molar-refractivity contribution in [1.29, 1.82) is 0 Å². The van der Waals surface area contributed by atoms with Crippen LogP contribution < -0.4 is 0 Å². The summed E-state index contributed by atoms with van der Waals surface area (Å²) in [6.07, 6.45) is 37.6. The van der Waals surface area contributed by atoms with Crippen LogP contribution in [-0.4, -0.2) is 63.7 Å². The summed E-state index contributed by atoms with van der Waals surface area (Å²) in [7, 11) is -9.02. The topological polar surface area (TPSA) is 114 Å². The van der Waals surface area contributed by atoms with E-state index in [9.17, 15) is 25.9 Å². The Morgan fingerprint density at radius 2 is 0.600 bits per heavy atom. The minimum atomic E-state index is -4.51. The molecular weight excluding hydrogens is 873 g/mol. The second-order valence-electron chi connectivity index (χ2n) is 18.6. The molecule has 0 atom stereocenters. The Labute approximate surface area is 427 Å². The first kappa shape index (κ1) is 59.6. The van der Waals surface area contributed by atoms with Crippen LogP contribution in [0.15, 0.2) is 70.5 Å². The van der Waals surface area contributed by atoms with Crippen molar-refractivity contribution in [2.45, 2.75) is 243 Å². The van der Waals surface area contributed by atoms with Gasteiger partial charge in [0.05, 0.1) is 9.79 Å². The van der Waals surface area contributed by atoms with Crippen molar-refractivity contribution in [1.82, 2.24) is 0 Å². The molecule has 0 unspecified atom stereocenters. The van der Waals surface area contributed by atoms with Gasteiger partial charge in [-0.1, -0.05) is 242 Å². The van der Waals surface area contributed by atoms with Crippen LogP contribution in [0.1, 0.15) is 230 Å². The zero-order valence-corrected chi connectivity index (χ0v) is 45.2. The van der Waals surface area contributed by atoms with E-state index >= 15 is 0 Å². The van der Waals surface area contributed by atoms with E-state index in [1.807, 2.05) is 48.5 Å². The van der Waals surface area contributed by atoms with Gasteiger partial charge in [-0.2, -0.15) is 0 Å². The second kappa shape index (κ2) is 34.7. The van der Waals surface area contributed by atoms with E-state index in [1.54, 1.807) is 0 Å². The third kappa shape index (κ3) is 23.6. The van der Waals surface area contributed by atoms with E-state index in [4.69, 9.17) is 0 Å². The Kier molecular flexibility index (Phi) is 31.8. The molecule has 0 aliphatic rings. The Morgan fingerprint density at radius 1 is 0.338 bits per heavy atom. The summed E-state index contributed by atoms with van der Waals surface area (Å²) in [5.41, 5.74) is 3.81. The molecule has 0 saturated carbocycles. The fourth-order valence-electron chi connectivity index (χ4n) is 9.20. The van der Waals surface area contributed by atoms with Gasteiger partial charge in [0.15, 0.2) is 0 Å². The molecule has 0 heterocycles. The van der Waals surface area contributed by atoms with Crippen LogP contribution in [0.4, 0.5) is 0 Å². The number of aryl methyl sites for hydroxylation is 4. The average Bonchev–Trinajstić information content (AvgIpc) is 3.26. The average molecular weight is 960 g/mol. The molecule has 4 rings (SSSR count). The maximum absolute atomic E-state index is 12.1. The van der Waals surface area contributed by atoms with Crippen molar-refractivity contribution < 1.29 is 25.9 Å². The SMILES string of the molecule is CCCCCCCCCc1ccc2c(S(=O)(=O)[O-])c(CCCCCCCCC)ccc2c1.CCCCCCCCCc1ccc2c(S(=O)(=O)[O-])c(CCCCCCCCC)ccc2c1.[Ca+2]. The van der Waals surface area contributed by atoms with Gasteiger partial charge in [-0.25, -0.2) is 16.8 Å². The van der Waals surface area contributed by atoms with Gasteiger partial charge in [-0.15, -0.1) is 0 Å². The number of unbranched alkanes of at least 4 members (excludes halogenated alkanes) is 24. The predicted octanol–water partition coefficient (Wildman–Crippen LogP) is 16.3. The van der Waals surface area contributed by atoms with Crippen molar-refractivity contribution in [2.75, 3.05) is 0 Å². The first-order valence-corrected chi connectivity index (χ1v) is 28.8. The zero-order valence-electron chi connectivity index (χ0n) is 41.4. The second-order valence-corrected chi connectivity index (χ2v) is 21.2. The molecule has 65 heavy (non-hydrogen) atoms. The molecule has 0 spiro atoms. The molecule has 0 fully saturated rings. The summed E-state index contributed by atoms with van der Waals surface area (Å²) in [6, 6.07) is 19.6. The van der Waals surface area contributed by atoms with Gasteiger partial charge in [-0.05, 0) is 95.2 Å². The summed E-state index contributed by atoms with van der Waals surface area (Å²) >= 11 is 0. The quantitative estimate of drug-likeness (QED) is 0.0262. The smallest absolute Gasteiger partial charge is 0.744 e. The zero-order chi connectivity index (χ0) is 46.5. The predicted molar refractivity (Wildman–Crippen MR) is 276 cm³/mol. The number of hydrogen-bond donors (Lipinski definition) is 0. The first-order valence-electron chi connectivity index (χ1n) is 25.9. The van der Waals surface area contributed by atoms with Crippen LogP contribution >= 0.6 is 0 Å². The summed E-state index contributed by atoms with van der Waals surface area (Å²) in [4.78, 5) is 0.00640. The maximum atomic E-state index is 12.1. The van der Waals surface area contributed by atoms with Gasteiger partial charge >= 0.3 is 37.7 Å². The summed E-state index contributed by atoms with van der Waals surface area (Å²) in [5, 5.41) is 2.90. The molecule has 0 N–H and O–H groups in total. The molecule has 4 aromatic rings. The largest absolute Gasteiger partial charge is 2.00 e. The van der Waals surface area contributed by atoms with Gasteiger partial charge in [0.25, 0.3) is 0 Å². The van der Waals surface area contributed by atoms with Crippen LogP contribution in [0.2, 0.25) is 0 Å². The Morgan fingerprint density at radius 3 is 0.877 bits per heavy atom. The fourth-order valence-corrected chi connectivity index (χ4v) is 11.1. The molecule has 6 nitrogen and oxygen atoms in total. The van der Waals surface area contributed by atoms with Crippen molar-refractivity contribution in [3.05, 3.63) is 82.9 Å². The summed E-state index contributed by atoms with van der Waals surface area (Å²) in [6.45, 7) is 8.90. The van der Waals surface area contributed by atoms with E-state index in [0.717, 1.165) is 62.1 Å². The number of hydrogen-bond acceptors (Lipinski definition) is 6. The van der Waals surface area contributed by atoms with Gasteiger partial charge in [0, 0.05) is 0 Å². The van der Waals surface area contributed by atoms with Crippen molar-refractivity contribution >= 4 is 79.5 Å². The molecule has 9 heteroatoms. The molecule has 0 saturated heterocycles. The molecule has 360 valence electrons. The van der Waals surface area contributed by atoms with Crippen LogP contribution in [0, 0.1) is 0 Å². The van der Waals surface area contributed by atoms with Gasteiger partial charge < -0.3 is 9.11 Å². The summed E-state index contributed by atoms with van der Waals surface area (Å²) in [5.74, 6) is 0. The normalized spacial score (nSPS) is 11.8. The van der Waals surface area contributed by atoms with Crippen LogP contribution in [-0.2, 0) is 45.9 Å². The molecule has 0 aliphatic carbocycles. The first-order chi connectivity index (χ1) is 30.9. The van der Waals surface area contributed by atoms with E-state index < -0.39 is 20.2 Å². The minimum Gasteiger partial charge on any atom is -0.744 e. The Bertz CT molecular complexity index is 1960. The molecule has 0 bridgehead atoms. The van der Waals surface area contributed by atoms with E-state index in [1.165, 1.54) is 152 Å². The number of benzene rings is 4. The number of rotatable bonds is 34. The molecule has 4 aromatic carbocycles. The minimum absolute atomic E-state index is 0. The van der Waals surface area contributed by atoms with Crippen molar-refractivity contribution in [2.24, 2.45) is 0 Å². The van der Waals surface area contributed by atoms with E-state index in [2.05, 4.69) is 39.8 Å². The van der Waals surface area contributed by atoms with Crippen LogP contribution in [0.25, 0.3) is 21.5 Å². The van der Waals surface area contributed by atoms with Crippen molar-refractivity contribution in [3.8, 4) is 0 Å². The maximum Gasteiger partial charge on any atom is 2.00 e. The third-order valence-electron chi connectivity index (χ3n) is 13.0. The Hall–Kier alpha value is -1.52. The molecule has 0 amide bonds. The van der Waals surface area contributed by atoms with Crippen molar-refractivity contribution in [3.63, 3.8) is 0 Å². The van der Waals surface area contributed by atoms with E-state index in [0.29, 0.717) is 34.7 Å². The fraction of sp³-hybridized carbons (Fsp3) is 0.643. The molecule has 0 aliphatic heterocycles. The summed E-state index contributed by atoms with van der Waals surface area (Å²) < 4.78 is 72.7. The van der Waals surface area contributed by atoms with Crippen LogP contribution in [0.5, 0.6) is 0 Å².